The molecule has 0 fully saturated rings. The molecule has 2 heteroatoms. The Morgan fingerprint density at radius 1 is 1.86 bits per heavy atom. The molecule has 41 valence electrons. The number of aliphatic hydroxyl groups excluding tert-OH is 1. The summed E-state index contributed by atoms with van der Waals surface area (Å²) < 4.78 is 0. The minimum atomic E-state index is -0.287. The molecule has 7 heavy (non-hydrogen) atoms. The molecule has 1 atom stereocenters. The van der Waals surface area contributed by atoms with Crippen LogP contribution in [0.3, 0.4) is 0 Å². The van der Waals surface area contributed by atoms with Crippen LogP contribution in [0, 0.1) is 0 Å². The highest BCUT2D eigenvalue weighted by Crippen LogP contribution is 1.86. The molecule has 0 rings (SSSR count). The van der Waals surface area contributed by atoms with E-state index in [4.69, 9.17) is 10.8 Å². The topological polar surface area (TPSA) is 44.0 Å². The molecule has 0 aliphatic rings. The number of hydrogen-bond acceptors (Lipinski definition) is 1. The number of aliphatic hydroxyl groups is 1. The normalized spacial score (nSPS) is 13.4. The van der Waals surface area contributed by atoms with Crippen molar-refractivity contribution in [2.75, 3.05) is 6.61 Å². The first-order valence-corrected chi connectivity index (χ1v) is 2.25. The van der Waals surface area contributed by atoms with Gasteiger partial charge in [-0.3, -0.25) is 5.73 Å². The Kier molecular flexibility index (Phi) is 3.65. The SMILES string of the molecule is C=CC([NH])CCO. The van der Waals surface area contributed by atoms with Gasteiger partial charge in [0.15, 0.2) is 0 Å². The highest BCUT2D eigenvalue weighted by molar-refractivity contribution is 4.80. The van der Waals surface area contributed by atoms with Crippen LogP contribution < -0.4 is 5.73 Å². The molecule has 0 amide bonds. The molecular formula is C5H10NO. The number of hydrogen-bond donors (Lipinski definition) is 1. The zero-order valence-electron chi connectivity index (χ0n) is 4.22. The van der Waals surface area contributed by atoms with Gasteiger partial charge in [0, 0.05) is 12.6 Å². The summed E-state index contributed by atoms with van der Waals surface area (Å²) in [6.45, 7) is 3.46. The van der Waals surface area contributed by atoms with Gasteiger partial charge in [-0.15, -0.1) is 6.58 Å². The summed E-state index contributed by atoms with van der Waals surface area (Å²) in [6.07, 6.45) is 2.01. The van der Waals surface area contributed by atoms with Crippen LogP contribution in [0.2, 0.25) is 0 Å². The van der Waals surface area contributed by atoms with E-state index in [1.54, 1.807) is 0 Å². The van der Waals surface area contributed by atoms with Crippen molar-refractivity contribution in [2.45, 2.75) is 12.5 Å². The van der Waals surface area contributed by atoms with Gasteiger partial charge in [-0.1, -0.05) is 6.08 Å². The second-order valence-electron chi connectivity index (χ2n) is 1.35. The van der Waals surface area contributed by atoms with Crippen molar-refractivity contribution < 1.29 is 5.11 Å². The first kappa shape index (κ1) is 6.66. The lowest BCUT2D eigenvalue weighted by atomic mass is 10.2. The molecule has 0 aromatic heterocycles. The lowest BCUT2D eigenvalue weighted by Gasteiger charge is -1.97. The first-order valence-electron chi connectivity index (χ1n) is 2.25. The maximum Gasteiger partial charge on any atom is 0.0449 e. The molecule has 0 aliphatic carbocycles. The second kappa shape index (κ2) is 3.84. The van der Waals surface area contributed by atoms with Gasteiger partial charge in [0.1, 0.15) is 0 Å². The van der Waals surface area contributed by atoms with Gasteiger partial charge >= 0.3 is 0 Å². The Morgan fingerprint density at radius 2 is 2.43 bits per heavy atom. The van der Waals surface area contributed by atoms with Crippen molar-refractivity contribution >= 4 is 0 Å². The molecule has 0 spiro atoms. The van der Waals surface area contributed by atoms with Gasteiger partial charge < -0.3 is 5.11 Å². The summed E-state index contributed by atoms with van der Waals surface area (Å²) in [4.78, 5) is 0. The third-order valence-corrected chi connectivity index (χ3v) is 0.725. The molecule has 0 aliphatic heterocycles. The van der Waals surface area contributed by atoms with Gasteiger partial charge in [0.05, 0.1) is 0 Å². The van der Waals surface area contributed by atoms with Crippen molar-refractivity contribution in [1.82, 2.24) is 5.73 Å². The first-order chi connectivity index (χ1) is 3.31. The third kappa shape index (κ3) is 3.49. The Morgan fingerprint density at radius 3 is 2.57 bits per heavy atom. The fraction of sp³-hybridized carbons (Fsp3) is 0.600. The molecule has 2 N–H and O–H groups in total. The van der Waals surface area contributed by atoms with E-state index in [1.165, 1.54) is 6.08 Å². The van der Waals surface area contributed by atoms with E-state index in [-0.39, 0.29) is 12.6 Å². The van der Waals surface area contributed by atoms with E-state index < -0.39 is 0 Å². The number of rotatable bonds is 3. The van der Waals surface area contributed by atoms with E-state index in [0.717, 1.165) is 0 Å². The van der Waals surface area contributed by atoms with Gasteiger partial charge in [-0.25, -0.2) is 0 Å². The molecule has 1 unspecified atom stereocenters. The summed E-state index contributed by atoms with van der Waals surface area (Å²) in [6, 6.07) is -0.287. The average molecular weight is 100 g/mol. The van der Waals surface area contributed by atoms with E-state index in [0.29, 0.717) is 6.42 Å². The Balaban J connectivity index is 2.98. The maximum atomic E-state index is 8.20. The molecule has 0 saturated carbocycles. The third-order valence-electron chi connectivity index (χ3n) is 0.725. The van der Waals surface area contributed by atoms with Crippen LogP contribution in [0.5, 0.6) is 0 Å². The van der Waals surface area contributed by atoms with Crippen molar-refractivity contribution in [3.63, 3.8) is 0 Å². The standard InChI is InChI=1S/C5H10NO/c1-2-5(6)3-4-7/h2,5-7H,1,3-4H2. The van der Waals surface area contributed by atoms with Gasteiger partial charge in [-0.05, 0) is 6.42 Å². The van der Waals surface area contributed by atoms with Crippen molar-refractivity contribution in [1.29, 1.82) is 0 Å². The Bertz CT molecular complexity index is 54.0. The molecule has 0 heterocycles. The van der Waals surface area contributed by atoms with E-state index in [2.05, 4.69) is 6.58 Å². The molecule has 0 aromatic rings. The smallest absolute Gasteiger partial charge is 0.0449 e. The van der Waals surface area contributed by atoms with Crippen LogP contribution >= 0.6 is 0 Å². The van der Waals surface area contributed by atoms with Gasteiger partial charge in [-0.2, -0.15) is 0 Å². The fourth-order valence-electron chi connectivity index (χ4n) is 0.257. The molecule has 0 aromatic carbocycles. The van der Waals surface area contributed by atoms with Crippen LogP contribution in [0.15, 0.2) is 12.7 Å². The quantitative estimate of drug-likeness (QED) is 0.506. The summed E-state index contributed by atoms with van der Waals surface area (Å²) in [5.41, 5.74) is 6.94. The van der Waals surface area contributed by atoms with E-state index in [9.17, 15) is 0 Å². The van der Waals surface area contributed by atoms with Crippen LogP contribution in [0.1, 0.15) is 6.42 Å². The van der Waals surface area contributed by atoms with E-state index >= 15 is 0 Å². The predicted octanol–water partition coefficient (Wildman–Crippen LogP) is 0.206. The predicted molar refractivity (Wildman–Crippen MR) is 28.8 cm³/mol. The summed E-state index contributed by atoms with van der Waals surface area (Å²) in [5.74, 6) is 0. The van der Waals surface area contributed by atoms with Crippen molar-refractivity contribution in [3.05, 3.63) is 12.7 Å². The lowest BCUT2D eigenvalue weighted by Crippen LogP contribution is -2.05. The minimum absolute atomic E-state index is 0.0835. The summed E-state index contributed by atoms with van der Waals surface area (Å²) in [5, 5.41) is 8.20. The van der Waals surface area contributed by atoms with Crippen LogP contribution in [-0.4, -0.2) is 17.8 Å². The monoisotopic (exact) mass is 100 g/mol. The largest absolute Gasteiger partial charge is 0.396 e. The van der Waals surface area contributed by atoms with Crippen molar-refractivity contribution in [2.24, 2.45) is 0 Å². The molecule has 0 saturated heterocycles. The zero-order chi connectivity index (χ0) is 5.70. The molecule has 1 radical (unpaired) electrons. The molecule has 2 nitrogen and oxygen atoms in total. The summed E-state index contributed by atoms with van der Waals surface area (Å²) in [7, 11) is 0. The maximum absolute atomic E-state index is 8.20. The van der Waals surface area contributed by atoms with Crippen LogP contribution in [0.4, 0.5) is 0 Å². The van der Waals surface area contributed by atoms with Crippen molar-refractivity contribution in [3.8, 4) is 0 Å². The number of nitrogens with one attached hydrogen (secondary N) is 1. The van der Waals surface area contributed by atoms with Gasteiger partial charge in [0.2, 0.25) is 0 Å². The highest BCUT2D eigenvalue weighted by Gasteiger charge is 1.91. The summed E-state index contributed by atoms with van der Waals surface area (Å²) >= 11 is 0. The molecule has 0 bridgehead atoms. The van der Waals surface area contributed by atoms with Gasteiger partial charge in [0.25, 0.3) is 0 Å². The highest BCUT2D eigenvalue weighted by atomic mass is 16.3. The van der Waals surface area contributed by atoms with Crippen LogP contribution in [0.25, 0.3) is 0 Å². The Hall–Kier alpha value is -0.340. The minimum Gasteiger partial charge on any atom is -0.396 e. The van der Waals surface area contributed by atoms with Crippen LogP contribution in [-0.2, 0) is 0 Å². The van der Waals surface area contributed by atoms with E-state index in [1.807, 2.05) is 0 Å². The Labute approximate surface area is 43.6 Å². The molecular weight excluding hydrogens is 90.1 g/mol. The second-order valence-corrected chi connectivity index (χ2v) is 1.35. The average Bonchev–Trinajstić information content (AvgIpc) is 1.68. The fourth-order valence-corrected chi connectivity index (χ4v) is 0.257. The lowest BCUT2D eigenvalue weighted by molar-refractivity contribution is 0.282. The zero-order valence-corrected chi connectivity index (χ0v) is 4.22.